The summed E-state index contributed by atoms with van der Waals surface area (Å²) in [5, 5.41) is 3.12. The normalized spacial score (nSPS) is 15.0. The lowest BCUT2D eigenvalue weighted by molar-refractivity contribution is -0.140. The third kappa shape index (κ3) is 6.59. The van der Waals surface area contributed by atoms with Gasteiger partial charge in [-0.2, -0.15) is 0 Å². The zero-order valence-electron chi connectivity index (χ0n) is 20.2. The molecule has 34 heavy (non-hydrogen) atoms. The van der Waals surface area contributed by atoms with Gasteiger partial charge < -0.3 is 10.2 Å². The Bertz CT molecular complexity index is 1080. The highest BCUT2D eigenvalue weighted by molar-refractivity contribution is 7.92. The van der Waals surface area contributed by atoms with Crippen LogP contribution in [0.4, 0.5) is 5.69 Å². The molecule has 1 aliphatic rings. The molecule has 0 saturated heterocycles. The van der Waals surface area contributed by atoms with Crippen LogP contribution in [0.15, 0.2) is 54.6 Å². The predicted octanol–water partition coefficient (Wildman–Crippen LogP) is 3.63. The summed E-state index contributed by atoms with van der Waals surface area (Å²) >= 11 is 0. The molecule has 2 aromatic carbocycles. The standard InChI is InChI=1S/C26H35N3O4S/c1-4-24(26(31)27-22-14-10-11-15-22)28(18-21-13-9-8-12-20(21)2)25(30)19-29(34(3,32)33)23-16-6-5-7-17-23/h5-9,12-13,16-17,22,24H,4,10-11,14-15,18-19H2,1-3H3,(H,27,31)/t24-/m0/s1. The van der Waals surface area contributed by atoms with E-state index in [0.29, 0.717) is 12.1 Å². The van der Waals surface area contributed by atoms with Crippen molar-refractivity contribution in [1.29, 1.82) is 0 Å². The van der Waals surface area contributed by atoms with Gasteiger partial charge in [0.2, 0.25) is 21.8 Å². The summed E-state index contributed by atoms with van der Waals surface area (Å²) in [4.78, 5) is 28.5. The Morgan fingerprint density at radius 3 is 2.24 bits per heavy atom. The van der Waals surface area contributed by atoms with Crippen LogP contribution in [0.2, 0.25) is 0 Å². The molecule has 2 amide bonds. The minimum atomic E-state index is -3.71. The van der Waals surface area contributed by atoms with Crippen LogP contribution in [0.3, 0.4) is 0 Å². The molecule has 1 N–H and O–H groups in total. The molecule has 0 bridgehead atoms. The van der Waals surface area contributed by atoms with Crippen molar-refractivity contribution >= 4 is 27.5 Å². The molecule has 0 unspecified atom stereocenters. The van der Waals surface area contributed by atoms with E-state index in [0.717, 1.165) is 47.4 Å². The van der Waals surface area contributed by atoms with Gasteiger partial charge in [0.05, 0.1) is 11.9 Å². The molecule has 1 fully saturated rings. The SMILES string of the molecule is CC[C@@H](C(=O)NC1CCCC1)N(Cc1ccccc1C)C(=O)CN(c1ccccc1)S(C)(=O)=O. The summed E-state index contributed by atoms with van der Waals surface area (Å²) in [6.45, 7) is 3.70. The highest BCUT2D eigenvalue weighted by Gasteiger charge is 2.33. The van der Waals surface area contributed by atoms with Crippen LogP contribution < -0.4 is 9.62 Å². The lowest BCUT2D eigenvalue weighted by atomic mass is 10.1. The fraction of sp³-hybridized carbons (Fsp3) is 0.462. The second kappa shape index (κ2) is 11.5. The molecule has 1 atom stereocenters. The third-order valence-electron chi connectivity index (χ3n) is 6.41. The lowest BCUT2D eigenvalue weighted by Gasteiger charge is -2.33. The maximum atomic E-state index is 13.7. The van der Waals surface area contributed by atoms with Crippen molar-refractivity contribution in [2.75, 3.05) is 17.1 Å². The van der Waals surface area contributed by atoms with Gasteiger partial charge in [-0.1, -0.05) is 62.2 Å². The van der Waals surface area contributed by atoms with Crippen LogP contribution in [0.1, 0.15) is 50.2 Å². The highest BCUT2D eigenvalue weighted by Crippen LogP contribution is 2.22. The van der Waals surface area contributed by atoms with Gasteiger partial charge in [-0.05, 0) is 49.4 Å². The lowest BCUT2D eigenvalue weighted by Crippen LogP contribution is -2.53. The van der Waals surface area contributed by atoms with Crippen molar-refractivity contribution in [2.45, 2.75) is 64.6 Å². The minimum absolute atomic E-state index is 0.133. The third-order valence-corrected chi connectivity index (χ3v) is 7.55. The van der Waals surface area contributed by atoms with E-state index in [2.05, 4.69) is 5.32 Å². The zero-order valence-corrected chi connectivity index (χ0v) is 21.1. The molecule has 7 nitrogen and oxygen atoms in total. The number of para-hydroxylation sites is 1. The van der Waals surface area contributed by atoms with Crippen molar-refractivity contribution in [1.82, 2.24) is 10.2 Å². The van der Waals surface area contributed by atoms with Gasteiger partial charge in [-0.15, -0.1) is 0 Å². The van der Waals surface area contributed by atoms with Gasteiger partial charge in [0.15, 0.2) is 0 Å². The molecular formula is C26H35N3O4S. The van der Waals surface area contributed by atoms with Crippen LogP contribution in [0.25, 0.3) is 0 Å². The first-order valence-electron chi connectivity index (χ1n) is 11.9. The molecule has 8 heteroatoms. The number of hydrogen-bond donors (Lipinski definition) is 1. The van der Waals surface area contributed by atoms with Crippen molar-refractivity contribution in [3.05, 3.63) is 65.7 Å². The zero-order chi connectivity index (χ0) is 24.7. The first-order valence-corrected chi connectivity index (χ1v) is 13.7. The van der Waals surface area contributed by atoms with E-state index in [9.17, 15) is 18.0 Å². The van der Waals surface area contributed by atoms with Gasteiger partial charge in [0, 0.05) is 12.6 Å². The molecular weight excluding hydrogens is 450 g/mol. The minimum Gasteiger partial charge on any atom is -0.352 e. The van der Waals surface area contributed by atoms with Gasteiger partial charge in [0.25, 0.3) is 0 Å². The second-order valence-electron chi connectivity index (χ2n) is 8.97. The summed E-state index contributed by atoms with van der Waals surface area (Å²) in [6, 6.07) is 15.7. The number of nitrogens with one attached hydrogen (secondary N) is 1. The summed E-state index contributed by atoms with van der Waals surface area (Å²) in [7, 11) is -3.71. The molecule has 1 aliphatic carbocycles. The highest BCUT2D eigenvalue weighted by atomic mass is 32.2. The van der Waals surface area contributed by atoms with E-state index in [-0.39, 0.29) is 25.0 Å². The molecule has 2 aromatic rings. The number of benzene rings is 2. The van der Waals surface area contributed by atoms with Gasteiger partial charge in [0.1, 0.15) is 12.6 Å². The number of rotatable bonds is 10. The Morgan fingerprint density at radius 2 is 1.65 bits per heavy atom. The van der Waals surface area contributed by atoms with E-state index in [4.69, 9.17) is 0 Å². The fourth-order valence-corrected chi connectivity index (χ4v) is 5.32. The van der Waals surface area contributed by atoms with Crippen molar-refractivity contribution in [3.63, 3.8) is 0 Å². The summed E-state index contributed by atoms with van der Waals surface area (Å²) in [6.07, 6.45) is 5.60. The monoisotopic (exact) mass is 485 g/mol. The fourth-order valence-electron chi connectivity index (χ4n) is 4.47. The average molecular weight is 486 g/mol. The molecule has 0 heterocycles. The van der Waals surface area contributed by atoms with Gasteiger partial charge in [-0.25, -0.2) is 8.42 Å². The van der Waals surface area contributed by atoms with E-state index >= 15 is 0 Å². The van der Waals surface area contributed by atoms with Crippen molar-refractivity contribution in [2.24, 2.45) is 0 Å². The van der Waals surface area contributed by atoms with Crippen LogP contribution in [-0.2, 0) is 26.2 Å². The number of anilines is 1. The van der Waals surface area contributed by atoms with Gasteiger partial charge >= 0.3 is 0 Å². The first-order chi connectivity index (χ1) is 16.2. The number of amides is 2. The van der Waals surface area contributed by atoms with Crippen LogP contribution in [0, 0.1) is 6.92 Å². The van der Waals surface area contributed by atoms with Crippen molar-refractivity contribution < 1.29 is 18.0 Å². The molecule has 184 valence electrons. The Kier molecular flexibility index (Phi) is 8.72. The molecule has 0 aliphatic heterocycles. The Balaban J connectivity index is 1.91. The Labute approximate surface area is 203 Å². The number of carbonyl (C=O) groups is 2. The topological polar surface area (TPSA) is 86.8 Å². The van der Waals surface area contributed by atoms with Crippen LogP contribution in [-0.4, -0.2) is 50.0 Å². The van der Waals surface area contributed by atoms with E-state index in [1.54, 1.807) is 30.3 Å². The molecule has 0 aromatic heterocycles. The molecule has 0 radical (unpaired) electrons. The predicted molar refractivity (Wildman–Crippen MR) is 135 cm³/mol. The number of aryl methyl sites for hydroxylation is 1. The van der Waals surface area contributed by atoms with Crippen molar-refractivity contribution in [3.8, 4) is 0 Å². The van der Waals surface area contributed by atoms with E-state index in [1.165, 1.54) is 4.90 Å². The summed E-state index contributed by atoms with van der Waals surface area (Å²) in [5.41, 5.74) is 2.35. The maximum absolute atomic E-state index is 13.7. The van der Waals surface area contributed by atoms with Crippen LogP contribution >= 0.6 is 0 Å². The maximum Gasteiger partial charge on any atom is 0.244 e. The first kappa shape index (κ1) is 25.7. The number of hydrogen-bond acceptors (Lipinski definition) is 4. The Hall–Kier alpha value is -2.87. The van der Waals surface area contributed by atoms with E-state index < -0.39 is 22.0 Å². The molecule has 1 saturated carbocycles. The number of carbonyl (C=O) groups excluding carboxylic acids is 2. The van der Waals surface area contributed by atoms with E-state index in [1.807, 2.05) is 38.1 Å². The average Bonchev–Trinajstić information content (AvgIpc) is 3.31. The summed E-state index contributed by atoms with van der Waals surface area (Å²) in [5.74, 6) is -0.590. The smallest absolute Gasteiger partial charge is 0.244 e. The summed E-state index contributed by atoms with van der Waals surface area (Å²) < 4.78 is 26.3. The second-order valence-corrected chi connectivity index (χ2v) is 10.9. The molecule has 3 rings (SSSR count). The largest absolute Gasteiger partial charge is 0.352 e. The van der Waals surface area contributed by atoms with Gasteiger partial charge in [-0.3, -0.25) is 13.9 Å². The Morgan fingerprint density at radius 1 is 1.03 bits per heavy atom. The molecule has 0 spiro atoms. The number of nitrogens with zero attached hydrogens (tertiary/aromatic N) is 2. The van der Waals surface area contributed by atoms with Crippen LogP contribution in [0.5, 0.6) is 0 Å². The number of sulfonamides is 1. The quantitative estimate of drug-likeness (QED) is 0.557.